The number of nitrogens with zero attached hydrogens (tertiary/aromatic N) is 6. The average Bonchev–Trinajstić information content (AvgIpc) is 3.42. The molecule has 1 saturated heterocycles. The van der Waals surface area contributed by atoms with E-state index in [2.05, 4.69) is 56.7 Å². The summed E-state index contributed by atoms with van der Waals surface area (Å²) in [6.07, 6.45) is 8.38. The van der Waals surface area contributed by atoms with E-state index in [1.54, 1.807) is 0 Å². The molecule has 7 nitrogen and oxygen atoms in total. The van der Waals surface area contributed by atoms with Crippen molar-refractivity contribution >= 4 is 45.6 Å². The van der Waals surface area contributed by atoms with Crippen LogP contribution in [0.5, 0.6) is 0 Å². The minimum Gasteiger partial charge on any atom is -0.356 e. The van der Waals surface area contributed by atoms with E-state index in [1.165, 1.54) is 24.4 Å². The molecular weight excluding hydrogens is 382 g/mol. The van der Waals surface area contributed by atoms with Crippen LogP contribution in [-0.4, -0.2) is 44.3 Å². The summed E-state index contributed by atoms with van der Waals surface area (Å²) in [5.41, 5.74) is 3.98. The van der Waals surface area contributed by atoms with Crippen molar-refractivity contribution in [1.29, 1.82) is 0 Å². The van der Waals surface area contributed by atoms with Gasteiger partial charge in [-0.15, -0.1) is 0 Å². The zero-order valence-corrected chi connectivity index (χ0v) is 17.8. The molecule has 0 aliphatic carbocycles. The van der Waals surface area contributed by atoms with Crippen molar-refractivity contribution in [1.82, 2.24) is 19.0 Å². The Kier molecular flexibility index (Phi) is 4.58. The van der Waals surface area contributed by atoms with Crippen LogP contribution >= 0.6 is 11.5 Å². The van der Waals surface area contributed by atoms with Crippen LogP contribution in [0.3, 0.4) is 0 Å². The quantitative estimate of drug-likeness (QED) is 0.697. The molecule has 0 radical (unpaired) electrons. The number of aryl methyl sites for hydroxylation is 1. The SMILES string of the molecule is Cc1cc(Nc2cc(N3CCC(C)CC3)nc3c(C4=CC(C)N=C4)cnn23)sn1. The van der Waals surface area contributed by atoms with Crippen LogP contribution in [0.15, 0.2) is 29.4 Å². The summed E-state index contributed by atoms with van der Waals surface area (Å²) >= 11 is 1.46. The summed E-state index contributed by atoms with van der Waals surface area (Å²) < 4.78 is 6.27. The Hall–Kier alpha value is -2.74. The van der Waals surface area contributed by atoms with Gasteiger partial charge in [0.05, 0.1) is 17.9 Å². The molecule has 0 bridgehead atoms. The molecule has 0 aromatic carbocycles. The first-order valence-corrected chi connectivity index (χ1v) is 10.9. The molecule has 0 spiro atoms. The van der Waals surface area contributed by atoms with E-state index in [-0.39, 0.29) is 6.04 Å². The van der Waals surface area contributed by atoms with Crippen LogP contribution in [0.25, 0.3) is 11.2 Å². The van der Waals surface area contributed by atoms with E-state index in [4.69, 9.17) is 4.98 Å². The van der Waals surface area contributed by atoms with Crippen LogP contribution in [0.1, 0.15) is 37.9 Å². The number of piperidine rings is 1. The molecule has 0 amide bonds. The summed E-state index contributed by atoms with van der Waals surface area (Å²) in [5, 5.41) is 9.15. The van der Waals surface area contributed by atoms with Gasteiger partial charge in [0.15, 0.2) is 5.65 Å². The number of hydrogen-bond donors (Lipinski definition) is 1. The maximum atomic E-state index is 5.03. The lowest BCUT2D eigenvalue weighted by molar-refractivity contribution is 0.436. The lowest BCUT2D eigenvalue weighted by Crippen LogP contribution is -2.33. The summed E-state index contributed by atoms with van der Waals surface area (Å²) in [5.74, 6) is 2.68. The first-order chi connectivity index (χ1) is 14.1. The molecule has 0 saturated carbocycles. The molecule has 5 heterocycles. The molecule has 150 valence electrons. The number of nitrogens with one attached hydrogen (secondary N) is 1. The van der Waals surface area contributed by atoms with Gasteiger partial charge in [0.2, 0.25) is 0 Å². The summed E-state index contributed by atoms with van der Waals surface area (Å²) in [7, 11) is 0. The molecule has 1 N–H and O–H groups in total. The van der Waals surface area contributed by atoms with Gasteiger partial charge in [-0.1, -0.05) is 13.0 Å². The number of rotatable bonds is 4. The molecule has 3 aromatic rings. The molecule has 2 aliphatic rings. The average molecular weight is 408 g/mol. The van der Waals surface area contributed by atoms with Gasteiger partial charge in [0, 0.05) is 36.5 Å². The normalized spacial score (nSPS) is 19.9. The van der Waals surface area contributed by atoms with Crippen LogP contribution < -0.4 is 10.2 Å². The Morgan fingerprint density at radius 1 is 1.17 bits per heavy atom. The second-order valence-corrected chi connectivity index (χ2v) is 8.87. The minimum atomic E-state index is 0.199. The van der Waals surface area contributed by atoms with Crippen LogP contribution in [-0.2, 0) is 0 Å². The third-order valence-corrected chi connectivity index (χ3v) is 6.42. The van der Waals surface area contributed by atoms with Crippen molar-refractivity contribution in [2.24, 2.45) is 10.9 Å². The largest absolute Gasteiger partial charge is 0.356 e. The summed E-state index contributed by atoms with van der Waals surface area (Å²) in [4.78, 5) is 11.9. The second kappa shape index (κ2) is 7.26. The van der Waals surface area contributed by atoms with E-state index in [9.17, 15) is 0 Å². The molecule has 1 fully saturated rings. The molecule has 2 aliphatic heterocycles. The summed E-state index contributed by atoms with van der Waals surface area (Å²) in [6.45, 7) is 8.49. The number of aliphatic imine (C=N–C) groups is 1. The lowest BCUT2D eigenvalue weighted by atomic mass is 9.99. The van der Waals surface area contributed by atoms with Gasteiger partial charge in [-0.2, -0.15) is 14.0 Å². The number of anilines is 3. The fourth-order valence-electron chi connectivity index (χ4n) is 3.89. The molecule has 29 heavy (non-hydrogen) atoms. The van der Waals surface area contributed by atoms with Gasteiger partial charge < -0.3 is 10.2 Å². The zero-order valence-electron chi connectivity index (χ0n) is 17.0. The minimum absolute atomic E-state index is 0.199. The Bertz CT molecular complexity index is 1100. The summed E-state index contributed by atoms with van der Waals surface area (Å²) in [6, 6.07) is 4.36. The Morgan fingerprint density at radius 2 is 2.00 bits per heavy atom. The monoisotopic (exact) mass is 407 g/mol. The highest BCUT2D eigenvalue weighted by Crippen LogP contribution is 2.31. The number of fused-ring (bicyclic) bond motifs is 1. The molecule has 5 rings (SSSR count). The Balaban J connectivity index is 1.60. The van der Waals surface area contributed by atoms with E-state index in [0.29, 0.717) is 0 Å². The molecule has 1 unspecified atom stereocenters. The van der Waals surface area contributed by atoms with E-state index >= 15 is 0 Å². The van der Waals surface area contributed by atoms with Gasteiger partial charge in [-0.25, -0.2) is 4.98 Å². The first kappa shape index (κ1) is 18.3. The van der Waals surface area contributed by atoms with Gasteiger partial charge in [0.1, 0.15) is 16.6 Å². The van der Waals surface area contributed by atoms with Crippen molar-refractivity contribution in [3.63, 3.8) is 0 Å². The smallest absolute Gasteiger partial charge is 0.167 e. The van der Waals surface area contributed by atoms with Crippen molar-refractivity contribution in [3.05, 3.63) is 35.7 Å². The zero-order chi connectivity index (χ0) is 20.0. The fourth-order valence-corrected chi connectivity index (χ4v) is 4.56. The standard InChI is InChI=1S/C21H25N7S/c1-13-4-6-27(7-5-13)18-10-19(24-20-9-15(3)26-29-20)28-21(25-18)17(12-23-28)16-8-14(2)22-11-16/h8-14,24H,4-7H2,1-3H3. The van der Waals surface area contributed by atoms with Gasteiger partial charge in [-0.3, -0.25) is 4.99 Å². The van der Waals surface area contributed by atoms with Crippen LogP contribution in [0.4, 0.5) is 16.6 Å². The van der Waals surface area contributed by atoms with Gasteiger partial charge in [0.25, 0.3) is 0 Å². The van der Waals surface area contributed by atoms with Gasteiger partial charge >= 0.3 is 0 Å². The van der Waals surface area contributed by atoms with E-state index < -0.39 is 0 Å². The molecule has 1 atom stereocenters. The lowest BCUT2D eigenvalue weighted by Gasteiger charge is -2.31. The number of hydrogen-bond acceptors (Lipinski definition) is 7. The maximum Gasteiger partial charge on any atom is 0.167 e. The van der Waals surface area contributed by atoms with Crippen molar-refractivity contribution in [2.45, 2.75) is 39.7 Å². The predicted octanol–water partition coefficient (Wildman–Crippen LogP) is 4.33. The molecular formula is C21H25N7S. The first-order valence-electron chi connectivity index (χ1n) is 10.2. The number of aromatic nitrogens is 4. The molecule has 8 heteroatoms. The number of allylic oxidation sites excluding steroid dienone is 1. The highest BCUT2D eigenvalue weighted by molar-refractivity contribution is 7.10. The van der Waals surface area contributed by atoms with Crippen molar-refractivity contribution < 1.29 is 0 Å². The predicted molar refractivity (Wildman–Crippen MR) is 120 cm³/mol. The second-order valence-electron chi connectivity index (χ2n) is 8.06. The van der Waals surface area contributed by atoms with Crippen LogP contribution in [0.2, 0.25) is 0 Å². The Morgan fingerprint density at radius 3 is 2.69 bits per heavy atom. The molecule has 3 aromatic heterocycles. The highest BCUT2D eigenvalue weighted by Gasteiger charge is 2.22. The van der Waals surface area contributed by atoms with Crippen molar-refractivity contribution in [3.8, 4) is 0 Å². The third kappa shape index (κ3) is 3.53. The van der Waals surface area contributed by atoms with E-state index in [1.807, 2.05) is 23.9 Å². The topological polar surface area (TPSA) is 70.7 Å². The van der Waals surface area contributed by atoms with Crippen molar-refractivity contribution in [2.75, 3.05) is 23.3 Å². The van der Waals surface area contributed by atoms with Crippen LogP contribution in [0, 0.1) is 12.8 Å². The maximum absolute atomic E-state index is 5.03. The fraction of sp³-hybridized carbons (Fsp3) is 0.429. The van der Waals surface area contributed by atoms with E-state index in [0.717, 1.165) is 58.1 Å². The third-order valence-electron chi connectivity index (χ3n) is 5.63. The van der Waals surface area contributed by atoms with Gasteiger partial charge in [-0.05, 0) is 50.2 Å². The highest BCUT2D eigenvalue weighted by atomic mass is 32.1. The Labute approximate surface area is 174 Å².